The van der Waals surface area contributed by atoms with Crippen LogP contribution >= 0.6 is 0 Å². The van der Waals surface area contributed by atoms with Crippen LogP contribution in [0.5, 0.6) is 0 Å². The van der Waals surface area contributed by atoms with Crippen molar-refractivity contribution in [2.75, 3.05) is 19.7 Å². The van der Waals surface area contributed by atoms with Gasteiger partial charge in [0, 0.05) is 19.6 Å². The van der Waals surface area contributed by atoms with Crippen molar-refractivity contribution >= 4 is 5.91 Å². The summed E-state index contributed by atoms with van der Waals surface area (Å²) >= 11 is 0. The SMILES string of the molecule is O=C(CC1CC1)N1CC[C@H](OCc2ccccc2)[C@]2(CCCO2)C1. The molecule has 4 rings (SSSR count). The van der Waals surface area contributed by atoms with Gasteiger partial charge in [-0.15, -0.1) is 0 Å². The van der Waals surface area contributed by atoms with E-state index in [1.54, 1.807) is 0 Å². The minimum atomic E-state index is -0.285. The van der Waals surface area contributed by atoms with E-state index < -0.39 is 0 Å². The number of likely N-dealkylation sites (tertiary alicyclic amines) is 1. The molecule has 2 saturated heterocycles. The zero-order valence-electron chi connectivity index (χ0n) is 14.3. The number of rotatable bonds is 5. The first-order valence-corrected chi connectivity index (χ1v) is 9.32. The Morgan fingerprint density at radius 1 is 1.25 bits per heavy atom. The van der Waals surface area contributed by atoms with Crippen LogP contribution in [0.15, 0.2) is 30.3 Å². The molecule has 2 aliphatic heterocycles. The lowest BCUT2D eigenvalue weighted by atomic mass is 9.86. The lowest BCUT2D eigenvalue weighted by Gasteiger charge is -2.45. The van der Waals surface area contributed by atoms with Gasteiger partial charge in [0.2, 0.25) is 5.91 Å². The van der Waals surface area contributed by atoms with E-state index in [4.69, 9.17) is 9.47 Å². The molecular weight excluding hydrogens is 302 g/mol. The third kappa shape index (κ3) is 3.50. The molecule has 0 unspecified atom stereocenters. The van der Waals surface area contributed by atoms with Gasteiger partial charge in [-0.2, -0.15) is 0 Å². The highest BCUT2D eigenvalue weighted by atomic mass is 16.6. The number of benzene rings is 1. The van der Waals surface area contributed by atoms with Gasteiger partial charge in [0.1, 0.15) is 5.60 Å². The van der Waals surface area contributed by atoms with Crippen molar-refractivity contribution in [3.05, 3.63) is 35.9 Å². The maximum atomic E-state index is 12.5. The molecule has 3 fully saturated rings. The van der Waals surface area contributed by atoms with Crippen molar-refractivity contribution in [2.45, 2.75) is 56.8 Å². The maximum Gasteiger partial charge on any atom is 0.222 e. The summed E-state index contributed by atoms with van der Waals surface area (Å²) in [5.41, 5.74) is 0.907. The van der Waals surface area contributed by atoms with Crippen molar-refractivity contribution < 1.29 is 14.3 Å². The zero-order valence-corrected chi connectivity index (χ0v) is 14.3. The van der Waals surface area contributed by atoms with Crippen LogP contribution in [0.4, 0.5) is 0 Å². The summed E-state index contributed by atoms with van der Waals surface area (Å²) in [5, 5.41) is 0. The van der Waals surface area contributed by atoms with Gasteiger partial charge in [-0.3, -0.25) is 4.79 Å². The summed E-state index contributed by atoms with van der Waals surface area (Å²) < 4.78 is 12.4. The van der Waals surface area contributed by atoms with Crippen LogP contribution in [-0.2, 0) is 20.9 Å². The van der Waals surface area contributed by atoms with Crippen molar-refractivity contribution in [1.82, 2.24) is 4.90 Å². The van der Waals surface area contributed by atoms with E-state index in [0.717, 1.165) is 38.8 Å². The van der Waals surface area contributed by atoms with E-state index in [-0.39, 0.29) is 11.7 Å². The Bertz CT molecular complexity index is 564. The van der Waals surface area contributed by atoms with Crippen LogP contribution in [0.25, 0.3) is 0 Å². The molecule has 1 spiro atoms. The monoisotopic (exact) mass is 329 g/mol. The summed E-state index contributed by atoms with van der Waals surface area (Å²) in [6.07, 6.45) is 6.21. The van der Waals surface area contributed by atoms with Crippen LogP contribution in [0.1, 0.15) is 44.1 Å². The number of amides is 1. The maximum absolute atomic E-state index is 12.5. The number of hydrogen-bond acceptors (Lipinski definition) is 3. The first-order valence-electron chi connectivity index (χ1n) is 9.32. The van der Waals surface area contributed by atoms with Crippen LogP contribution in [0.3, 0.4) is 0 Å². The van der Waals surface area contributed by atoms with Gasteiger partial charge in [-0.1, -0.05) is 30.3 Å². The van der Waals surface area contributed by atoms with Crippen molar-refractivity contribution in [1.29, 1.82) is 0 Å². The molecule has 2 heterocycles. The Balaban J connectivity index is 1.40. The normalized spacial score (nSPS) is 30.0. The van der Waals surface area contributed by atoms with Gasteiger partial charge in [0.25, 0.3) is 0 Å². The molecule has 4 nitrogen and oxygen atoms in total. The van der Waals surface area contributed by atoms with E-state index in [2.05, 4.69) is 12.1 Å². The van der Waals surface area contributed by atoms with E-state index in [1.807, 2.05) is 23.1 Å². The smallest absolute Gasteiger partial charge is 0.222 e. The summed E-state index contributed by atoms with van der Waals surface area (Å²) in [4.78, 5) is 14.5. The molecule has 0 bridgehead atoms. The topological polar surface area (TPSA) is 38.8 Å². The second-order valence-corrected chi connectivity index (χ2v) is 7.55. The first-order chi connectivity index (χ1) is 11.8. The molecule has 1 aromatic carbocycles. The van der Waals surface area contributed by atoms with Gasteiger partial charge >= 0.3 is 0 Å². The van der Waals surface area contributed by atoms with Gasteiger partial charge < -0.3 is 14.4 Å². The molecular formula is C20H27NO3. The highest BCUT2D eigenvalue weighted by Crippen LogP contribution is 2.38. The minimum Gasteiger partial charge on any atom is -0.370 e. The van der Waals surface area contributed by atoms with E-state index in [0.29, 0.717) is 25.0 Å². The fraction of sp³-hybridized carbons (Fsp3) is 0.650. The second-order valence-electron chi connectivity index (χ2n) is 7.55. The Labute approximate surface area is 144 Å². The van der Waals surface area contributed by atoms with Crippen LogP contribution in [-0.4, -0.2) is 42.2 Å². The molecule has 3 aliphatic rings. The van der Waals surface area contributed by atoms with Crippen molar-refractivity contribution in [3.63, 3.8) is 0 Å². The Morgan fingerprint density at radius 3 is 2.79 bits per heavy atom. The van der Waals surface area contributed by atoms with Gasteiger partial charge in [-0.05, 0) is 43.6 Å². The molecule has 1 aliphatic carbocycles. The van der Waals surface area contributed by atoms with Gasteiger partial charge in [-0.25, -0.2) is 0 Å². The Kier molecular flexibility index (Phi) is 4.59. The van der Waals surface area contributed by atoms with E-state index >= 15 is 0 Å². The number of ether oxygens (including phenoxy) is 2. The molecule has 2 atom stereocenters. The van der Waals surface area contributed by atoms with Crippen LogP contribution in [0.2, 0.25) is 0 Å². The molecule has 1 aromatic rings. The number of hydrogen-bond donors (Lipinski definition) is 0. The average molecular weight is 329 g/mol. The number of carbonyl (C=O) groups excluding carboxylic acids is 1. The summed E-state index contributed by atoms with van der Waals surface area (Å²) in [6, 6.07) is 10.3. The molecule has 24 heavy (non-hydrogen) atoms. The average Bonchev–Trinajstić information content (AvgIpc) is 3.31. The molecule has 4 heteroatoms. The largest absolute Gasteiger partial charge is 0.370 e. The summed E-state index contributed by atoms with van der Waals surface area (Å²) in [7, 11) is 0. The molecule has 130 valence electrons. The fourth-order valence-electron chi connectivity index (χ4n) is 4.05. The third-order valence-electron chi connectivity index (χ3n) is 5.65. The Morgan fingerprint density at radius 2 is 2.08 bits per heavy atom. The Hall–Kier alpha value is -1.39. The van der Waals surface area contributed by atoms with Crippen molar-refractivity contribution in [3.8, 4) is 0 Å². The standard InChI is InChI=1S/C20H27NO3/c22-19(13-16-7-8-16)21-11-9-18(20(15-21)10-4-12-24-20)23-14-17-5-2-1-3-6-17/h1-3,5-6,16,18H,4,7-15H2/t18-,20-/m0/s1. The second kappa shape index (κ2) is 6.85. The third-order valence-corrected chi connectivity index (χ3v) is 5.65. The van der Waals surface area contributed by atoms with E-state index in [1.165, 1.54) is 18.4 Å². The first kappa shape index (κ1) is 16.1. The van der Waals surface area contributed by atoms with Crippen LogP contribution < -0.4 is 0 Å². The predicted molar refractivity (Wildman–Crippen MR) is 91.5 cm³/mol. The van der Waals surface area contributed by atoms with Crippen molar-refractivity contribution in [2.24, 2.45) is 5.92 Å². The summed E-state index contributed by atoms with van der Waals surface area (Å²) in [6.45, 7) is 2.91. The highest BCUT2D eigenvalue weighted by molar-refractivity contribution is 5.77. The quantitative estimate of drug-likeness (QED) is 0.833. The van der Waals surface area contributed by atoms with Gasteiger partial charge in [0.15, 0.2) is 0 Å². The number of nitrogens with zero attached hydrogens (tertiary/aromatic N) is 1. The molecule has 0 radical (unpaired) electrons. The fourth-order valence-corrected chi connectivity index (χ4v) is 4.05. The lowest BCUT2D eigenvalue weighted by Crippen LogP contribution is -2.58. The van der Waals surface area contributed by atoms with Crippen LogP contribution in [0, 0.1) is 5.92 Å². The van der Waals surface area contributed by atoms with E-state index in [9.17, 15) is 4.79 Å². The molecule has 0 N–H and O–H groups in total. The summed E-state index contributed by atoms with van der Waals surface area (Å²) in [5.74, 6) is 0.957. The predicted octanol–water partition coefficient (Wildman–Crippen LogP) is 3.15. The minimum absolute atomic E-state index is 0.0881. The van der Waals surface area contributed by atoms with Gasteiger partial charge in [0.05, 0.1) is 19.3 Å². The molecule has 1 saturated carbocycles. The highest BCUT2D eigenvalue weighted by Gasteiger charge is 2.48. The molecule has 0 aromatic heterocycles. The molecule has 1 amide bonds. The number of piperidine rings is 1. The lowest BCUT2D eigenvalue weighted by molar-refractivity contribution is -0.169. The number of carbonyl (C=O) groups is 1. The zero-order chi connectivity index (χ0) is 16.4.